The number of carbonyl (C=O) groups is 1. The molecule has 108 valence electrons. The van der Waals surface area contributed by atoms with E-state index < -0.39 is 23.1 Å². The third kappa shape index (κ3) is 2.97. The molecule has 1 aromatic heterocycles. The summed E-state index contributed by atoms with van der Waals surface area (Å²) in [5.74, 6) is -0.851. The number of nitrogens with zero attached hydrogens (tertiary/aromatic N) is 3. The molecule has 0 amide bonds. The van der Waals surface area contributed by atoms with E-state index in [0.717, 1.165) is 0 Å². The van der Waals surface area contributed by atoms with Crippen LogP contribution in [0.1, 0.15) is 6.92 Å². The largest absolute Gasteiger partial charge is 0.480 e. The molecular formula is C11H12ClN3O5. The van der Waals surface area contributed by atoms with Crippen molar-refractivity contribution in [3.8, 4) is 0 Å². The molecule has 2 rings (SSSR count). The summed E-state index contributed by atoms with van der Waals surface area (Å²) in [6.45, 7) is 2.00. The first-order valence-corrected chi connectivity index (χ1v) is 6.09. The lowest BCUT2D eigenvalue weighted by Gasteiger charge is -2.47. The number of rotatable bonds is 5. The second kappa shape index (κ2) is 5.22. The molecule has 0 atom stereocenters. The highest BCUT2D eigenvalue weighted by atomic mass is 35.5. The summed E-state index contributed by atoms with van der Waals surface area (Å²) < 4.78 is 5.24. The summed E-state index contributed by atoms with van der Waals surface area (Å²) in [6.07, 6.45) is 1.33. The molecule has 0 bridgehead atoms. The maximum Gasteiger partial charge on any atom is 0.329 e. The zero-order valence-corrected chi connectivity index (χ0v) is 11.3. The molecule has 20 heavy (non-hydrogen) atoms. The van der Waals surface area contributed by atoms with E-state index in [4.69, 9.17) is 21.4 Å². The molecule has 1 aliphatic heterocycles. The number of aromatic nitrogens is 1. The standard InChI is InChI=1S/C11H12ClN3O5/c1-11(20-4-9(16)17)5-14(6-11)10-8(15(18)19)2-7(12)3-13-10/h2-3H,4-6H2,1H3,(H,16,17). The molecular weight excluding hydrogens is 290 g/mol. The summed E-state index contributed by atoms with van der Waals surface area (Å²) in [6, 6.07) is 1.23. The Morgan fingerprint density at radius 1 is 1.70 bits per heavy atom. The number of hydrogen-bond acceptors (Lipinski definition) is 6. The van der Waals surface area contributed by atoms with Gasteiger partial charge in [0, 0.05) is 12.3 Å². The molecule has 9 heteroatoms. The predicted molar refractivity (Wildman–Crippen MR) is 70.1 cm³/mol. The van der Waals surface area contributed by atoms with Crippen LogP contribution in [0.25, 0.3) is 0 Å². The number of pyridine rings is 1. The zero-order valence-electron chi connectivity index (χ0n) is 10.6. The number of halogens is 1. The van der Waals surface area contributed by atoms with Crippen LogP contribution in [0.15, 0.2) is 12.3 Å². The first-order chi connectivity index (χ1) is 9.31. The first kappa shape index (κ1) is 14.5. The highest BCUT2D eigenvalue weighted by molar-refractivity contribution is 6.30. The summed E-state index contributed by atoms with van der Waals surface area (Å²) >= 11 is 5.69. The molecule has 1 aliphatic rings. The highest BCUT2D eigenvalue weighted by Crippen LogP contribution is 2.35. The lowest BCUT2D eigenvalue weighted by Crippen LogP contribution is -2.62. The number of anilines is 1. The molecule has 1 N–H and O–H groups in total. The third-order valence-electron chi connectivity index (χ3n) is 2.90. The van der Waals surface area contributed by atoms with Gasteiger partial charge >= 0.3 is 11.7 Å². The van der Waals surface area contributed by atoms with E-state index in [2.05, 4.69) is 4.98 Å². The molecule has 0 aliphatic carbocycles. The van der Waals surface area contributed by atoms with Crippen molar-refractivity contribution in [3.63, 3.8) is 0 Å². The van der Waals surface area contributed by atoms with Crippen molar-refractivity contribution in [1.82, 2.24) is 4.98 Å². The van der Waals surface area contributed by atoms with Crippen molar-refractivity contribution in [3.05, 3.63) is 27.4 Å². The lowest BCUT2D eigenvalue weighted by atomic mass is 9.96. The molecule has 2 heterocycles. The number of nitro groups is 1. The fraction of sp³-hybridized carbons (Fsp3) is 0.455. The van der Waals surface area contributed by atoms with Gasteiger partial charge in [0.25, 0.3) is 0 Å². The molecule has 0 unspecified atom stereocenters. The van der Waals surface area contributed by atoms with Crippen molar-refractivity contribution in [1.29, 1.82) is 0 Å². The van der Waals surface area contributed by atoms with Crippen LogP contribution in [0.5, 0.6) is 0 Å². The Morgan fingerprint density at radius 2 is 2.35 bits per heavy atom. The first-order valence-electron chi connectivity index (χ1n) is 5.71. The fourth-order valence-electron chi connectivity index (χ4n) is 2.04. The smallest absolute Gasteiger partial charge is 0.329 e. The molecule has 1 fully saturated rings. The summed E-state index contributed by atoms with van der Waals surface area (Å²) in [7, 11) is 0. The molecule has 1 saturated heterocycles. The Hall–Kier alpha value is -1.93. The summed E-state index contributed by atoms with van der Waals surface area (Å²) in [5, 5.41) is 19.7. The Morgan fingerprint density at radius 3 is 2.90 bits per heavy atom. The maximum atomic E-state index is 11.0. The minimum atomic E-state index is -1.06. The SMILES string of the molecule is CC1(OCC(=O)O)CN(c2ncc(Cl)cc2[N+](=O)[O-])C1. The van der Waals surface area contributed by atoms with Crippen LogP contribution in [-0.2, 0) is 9.53 Å². The summed E-state index contributed by atoms with van der Waals surface area (Å²) in [4.78, 5) is 26.5. The van der Waals surface area contributed by atoms with Crippen molar-refractivity contribution in [2.45, 2.75) is 12.5 Å². The molecule has 0 saturated carbocycles. The van der Waals surface area contributed by atoms with Gasteiger partial charge in [0.15, 0.2) is 0 Å². The number of ether oxygens (including phenoxy) is 1. The topological polar surface area (TPSA) is 106 Å². The Kier molecular flexibility index (Phi) is 3.78. The molecule has 8 nitrogen and oxygen atoms in total. The second-order valence-electron chi connectivity index (χ2n) is 4.74. The minimum Gasteiger partial charge on any atom is -0.480 e. The number of aliphatic carboxylic acids is 1. The van der Waals surface area contributed by atoms with Crippen LogP contribution in [0, 0.1) is 10.1 Å². The Balaban J connectivity index is 2.09. The quantitative estimate of drug-likeness (QED) is 0.645. The predicted octanol–water partition coefficient (Wildman–Crippen LogP) is 1.32. The summed E-state index contributed by atoms with van der Waals surface area (Å²) in [5.41, 5.74) is -0.828. The molecule has 0 radical (unpaired) electrons. The van der Waals surface area contributed by atoms with Gasteiger partial charge in [-0.05, 0) is 6.92 Å². The fourth-order valence-corrected chi connectivity index (χ4v) is 2.19. The van der Waals surface area contributed by atoms with Crippen LogP contribution in [0.3, 0.4) is 0 Å². The van der Waals surface area contributed by atoms with Gasteiger partial charge in [-0.1, -0.05) is 11.6 Å². The zero-order chi connectivity index (χ0) is 14.9. The molecule has 0 aromatic carbocycles. The Labute approximate surface area is 119 Å². The van der Waals surface area contributed by atoms with Crippen LogP contribution in [0.2, 0.25) is 5.02 Å². The lowest BCUT2D eigenvalue weighted by molar-refractivity contribution is -0.384. The van der Waals surface area contributed by atoms with E-state index in [-0.39, 0.29) is 16.5 Å². The van der Waals surface area contributed by atoms with Crippen molar-refractivity contribution in [2.24, 2.45) is 0 Å². The average Bonchev–Trinajstić information content (AvgIpc) is 2.33. The Bertz CT molecular complexity index is 559. The van der Waals surface area contributed by atoms with Gasteiger partial charge in [-0.15, -0.1) is 0 Å². The molecule has 0 spiro atoms. The van der Waals surface area contributed by atoms with Crippen molar-refractivity contribution >= 4 is 29.1 Å². The van der Waals surface area contributed by atoms with Crippen molar-refractivity contribution < 1.29 is 19.6 Å². The van der Waals surface area contributed by atoms with Crippen LogP contribution in [-0.4, -0.2) is 46.3 Å². The van der Waals surface area contributed by atoms with Gasteiger partial charge in [-0.2, -0.15) is 0 Å². The van der Waals surface area contributed by atoms with E-state index >= 15 is 0 Å². The van der Waals surface area contributed by atoms with Crippen molar-refractivity contribution in [2.75, 3.05) is 24.6 Å². The number of hydrogen-bond donors (Lipinski definition) is 1. The number of carboxylic acid groups (broad SMARTS) is 1. The average molecular weight is 302 g/mol. The van der Waals surface area contributed by atoms with E-state index in [1.165, 1.54) is 12.3 Å². The monoisotopic (exact) mass is 301 g/mol. The minimum absolute atomic E-state index is 0.183. The van der Waals surface area contributed by atoms with E-state index in [0.29, 0.717) is 13.1 Å². The van der Waals surface area contributed by atoms with E-state index in [1.807, 2.05) is 0 Å². The maximum absolute atomic E-state index is 11.0. The van der Waals surface area contributed by atoms with E-state index in [1.54, 1.807) is 11.8 Å². The van der Waals surface area contributed by atoms with Gasteiger partial charge in [0.05, 0.1) is 23.0 Å². The van der Waals surface area contributed by atoms with Crippen LogP contribution in [0.4, 0.5) is 11.5 Å². The second-order valence-corrected chi connectivity index (χ2v) is 5.18. The van der Waals surface area contributed by atoms with Gasteiger partial charge in [-0.25, -0.2) is 9.78 Å². The molecule has 1 aromatic rings. The third-order valence-corrected chi connectivity index (χ3v) is 3.11. The van der Waals surface area contributed by atoms with Gasteiger partial charge in [0.1, 0.15) is 12.2 Å². The van der Waals surface area contributed by atoms with Gasteiger partial charge in [-0.3, -0.25) is 10.1 Å². The van der Waals surface area contributed by atoms with Gasteiger partial charge < -0.3 is 14.7 Å². The van der Waals surface area contributed by atoms with Crippen LogP contribution < -0.4 is 4.90 Å². The van der Waals surface area contributed by atoms with Gasteiger partial charge in [0.2, 0.25) is 5.82 Å². The number of carboxylic acids is 1. The normalized spacial score (nSPS) is 16.6. The van der Waals surface area contributed by atoms with E-state index in [9.17, 15) is 14.9 Å². The highest BCUT2D eigenvalue weighted by Gasteiger charge is 2.43. The van der Waals surface area contributed by atoms with Crippen LogP contribution >= 0.6 is 11.6 Å².